The average Bonchev–Trinajstić information content (AvgIpc) is 2.39. The van der Waals surface area contributed by atoms with Crippen LogP contribution in [0.25, 0.3) is 0 Å². The molecular weight excluding hydrogens is 244 g/mol. The Labute approximate surface area is 125 Å². The fraction of sp³-hybridized carbons (Fsp3) is 0.667. The van der Waals surface area contributed by atoms with Crippen molar-refractivity contribution in [2.45, 2.75) is 53.1 Å². The average molecular weight is 276 g/mol. The topological polar surface area (TPSA) is 15.3 Å². The molecule has 114 valence electrons. The molecule has 0 aliphatic rings. The van der Waals surface area contributed by atoms with Crippen LogP contribution in [0.2, 0.25) is 0 Å². The molecule has 0 saturated carbocycles. The van der Waals surface area contributed by atoms with Crippen molar-refractivity contribution in [2.24, 2.45) is 5.41 Å². The lowest BCUT2D eigenvalue weighted by atomic mass is 9.79. The van der Waals surface area contributed by atoms with Crippen LogP contribution in [0.4, 0.5) is 0 Å². The van der Waals surface area contributed by atoms with Gasteiger partial charge in [0.05, 0.1) is 0 Å². The van der Waals surface area contributed by atoms with Crippen LogP contribution in [-0.4, -0.2) is 31.1 Å². The Morgan fingerprint density at radius 1 is 1.15 bits per heavy atom. The summed E-state index contributed by atoms with van der Waals surface area (Å²) < 4.78 is 0. The van der Waals surface area contributed by atoms with Crippen molar-refractivity contribution in [3.63, 3.8) is 0 Å². The van der Waals surface area contributed by atoms with Crippen LogP contribution in [0.1, 0.15) is 52.6 Å². The highest BCUT2D eigenvalue weighted by Crippen LogP contribution is 2.34. The Kier molecular flexibility index (Phi) is 6.70. The molecule has 1 N–H and O–H groups in total. The number of hydrogen-bond donors (Lipinski definition) is 1. The molecule has 0 bridgehead atoms. The number of nitrogens with one attached hydrogen (secondary N) is 1. The Morgan fingerprint density at radius 3 is 2.25 bits per heavy atom. The van der Waals surface area contributed by atoms with Gasteiger partial charge >= 0.3 is 0 Å². The van der Waals surface area contributed by atoms with Gasteiger partial charge in [-0.1, -0.05) is 51.1 Å². The predicted molar refractivity (Wildman–Crippen MR) is 89.0 cm³/mol. The van der Waals surface area contributed by atoms with E-state index in [0.29, 0.717) is 12.1 Å². The second kappa shape index (κ2) is 7.80. The summed E-state index contributed by atoms with van der Waals surface area (Å²) >= 11 is 0. The SMILES string of the molecule is CCCNC(c1ccccc1)C(C)(C)CN(C)C(C)C. The van der Waals surface area contributed by atoms with Crippen LogP contribution in [0.5, 0.6) is 0 Å². The maximum Gasteiger partial charge on any atom is 0.0384 e. The summed E-state index contributed by atoms with van der Waals surface area (Å²) in [7, 11) is 2.22. The Hall–Kier alpha value is -0.860. The van der Waals surface area contributed by atoms with Crippen molar-refractivity contribution in [1.29, 1.82) is 0 Å². The van der Waals surface area contributed by atoms with Gasteiger partial charge in [0.15, 0.2) is 0 Å². The first-order chi connectivity index (χ1) is 9.38. The van der Waals surface area contributed by atoms with Crippen molar-refractivity contribution in [2.75, 3.05) is 20.1 Å². The molecule has 1 aromatic rings. The Morgan fingerprint density at radius 2 is 1.75 bits per heavy atom. The Bertz CT molecular complexity index is 370. The zero-order valence-corrected chi connectivity index (χ0v) is 14.1. The molecule has 20 heavy (non-hydrogen) atoms. The van der Waals surface area contributed by atoms with Gasteiger partial charge in [-0.25, -0.2) is 0 Å². The maximum atomic E-state index is 3.74. The van der Waals surface area contributed by atoms with Crippen molar-refractivity contribution in [3.05, 3.63) is 35.9 Å². The highest BCUT2D eigenvalue weighted by Gasteiger charge is 2.31. The van der Waals surface area contributed by atoms with E-state index >= 15 is 0 Å². The third-order valence-electron chi connectivity index (χ3n) is 4.05. The van der Waals surface area contributed by atoms with Crippen LogP contribution in [0.15, 0.2) is 30.3 Å². The lowest BCUT2D eigenvalue weighted by Gasteiger charge is -2.39. The first-order valence-corrected chi connectivity index (χ1v) is 7.87. The highest BCUT2D eigenvalue weighted by molar-refractivity contribution is 5.21. The second-order valence-electron chi connectivity index (χ2n) is 6.80. The van der Waals surface area contributed by atoms with Gasteiger partial charge in [0.1, 0.15) is 0 Å². The zero-order chi connectivity index (χ0) is 15.2. The van der Waals surface area contributed by atoms with Crippen LogP contribution in [-0.2, 0) is 0 Å². The number of benzene rings is 1. The third-order valence-corrected chi connectivity index (χ3v) is 4.05. The molecule has 1 aromatic carbocycles. The highest BCUT2D eigenvalue weighted by atomic mass is 15.1. The van der Waals surface area contributed by atoms with E-state index in [4.69, 9.17) is 0 Å². The van der Waals surface area contributed by atoms with E-state index < -0.39 is 0 Å². The zero-order valence-electron chi connectivity index (χ0n) is 14.1. The van der Waals surface area contributed by atoms with Crippen molar-refractivity contribution in [3.8, 4) is 0 Å². The maximum absolute atomic E-state index is 3.74. The molecule has 2 heteroatoms. The van der Waals surface area contributed by atoms with E-state index in [-0.39, 0.29) is 5.41 Å². The van der Waals surface area contributed by atoms with Gasteiger partial charge in [-0.05, 0) is 44.8 Å². The minimum Gasteiger partial charge on any atom is -0.309 e. The van der Waals surface area contributed by atoms with Crippen LogP contribution in [0.3, 0.4) is 0 Å². The second-order valence-corrected chi connectivity index (χ2v) is 6.80. The van der Waals surface area contributed by atoms with Crippen LogP contribution in [0, 0.1) is 5.41 Å². The third kappa shape index (κ3) is 4.92. The molecule has 0 heterocycles. The van der Waals surface area contributed by atoms with Gasteiger partial charge in [-0.3, -0.25) is 0 Å². The minimum atomic E-state index is 0.190. The molecule has 0 fully saturated rings. The predicted octanol–water partition coefficient (Wildman–Crippen LogP) is 4.09. The first kappa shape index (κ1) is 17.2. The van der Waals surface area contributed by atoms with E-state index in [1.54, 1.807) is 0 Å². The van der Waals surface area contributed by atoms with Crippen LogP contribution >= 0.6 is 0 Å². The van der Waals surface area contributed by atoms with Crippen molar-refractivity contribution in [1.82, 2.24) is 10.2 Å². The number of hydrogen-bond acceptors (Lipinski definition) is 2. The number of rotatable bonds is 8. The van der Waals surface area contributed by atoms with Gasteiger partial charge in [0, 0.05) is 18.6 Å². The molecule has 2 nitrogen and oxygen atoms in total. The summed E-state index contributed by atoms with van der Waals surface area (Å²) in [6, 6.07) is 11.8. The van der Waals surface area contributed by atoms with Gasteiger partial charge < -0.3 is 10.2 Å². The monoisotopic (exact) mass is 276 g/mol. The largest absolute Gasteiger partial charge is 0.309 e. The van der Waals surface area contributed by atoms with Gasteiger partial charge in [-0.15, -0.1) is 0 Å². The molecule has 0 spiro atoms. The fourth-order valence-electron chi connectivity index (χ4n) is 2.70. The molecule has 0 aromatic heterocycles. The summed E-state index contributed by atoms with van der Waals surface area (Å²) in [6.07, 6.45) is 1.17. The van der Waals surface area contributed by atoms with Gasteiger partial charge in [0.25, 0.3) is 0 Å². The van der Waals surface area contributed by atoms with E-state index in [0.717, 1.165) is 13.1 Å². The van der Waals surface area contributed by atoms with Crippen molar-refractivity contribution >= 4 is 0 Å². The Balaban J connectivity index is 2.91. The molecule has 1 unspecified atom stereocenters. The molecule has 1 atom stereocenters. The molecule has 0 aliphatic carbocycles. The van der Waals surface area contributed by atoms with Gasteiger partial charge in [0.2, 0.25) is 0 Å². The normalized spacial score (nSPS) is 14.0. The van der Waals surface area contributed by atoms with Gasteiger partial charge in [-0.2, -0.15) is 0 Å². The molecule has 0 aliphatic heterocycles. The van der Waals surface area contributed by atoms with E-state index in [9.17, 15) is 0 Å². The fourth-order valence-corrected chi connectivity index (χ4v) is 2.70. The molecule has 0 saturated heterocycles. The molecule has 0 amide bonds. The molecule has 1 rings (SSSR count). The molecule has 0 radical (unpaired) electrons. The summed E-state index contributed by atoms with van der Waals surface area (Å²) in [5, 5.41) is 3.74. The summed E-state index contributed by atoms with van der Waals surface area (Å²) in [4.78, 5) is 2.43. The summed E-state index contributed by atoms with van der Waals surface area (Å²) in [5.41, 5.74) is 1.58. The standard InChI is InChI=1S/C18H32N2/c1-7-13-19-17(16-11-9-8-10-12-16)18(4,5)14-20(6)15(2)3/h8-12,15,17,19H,7,13-14H2,1-6H3. The summed E-state index contributed by atoms with van der Waals surface area (Å²) in [6.45, 7) is 13.6. The van der Waals surface area contributed by atoms with E-state index in [2.05, 4.69) is 82.2 Å². The quantitative estimate of drug-likeness (QED) is 0.769. The smallest absolute Gasteiger partial charge is 0.0384 e. The van der Waals surface area contributed by atoms with Crippen molar-refractivity contribution < 1.29 is 0 Å². The minimum absolute atomic E-state index is 0.190. The first-order valence-electron chi connectivity index (χ1n) is 7.87. The lowest BCUT2D eigenvalue weighted by molar-refractivity contribution is 0.135. The number of nitrogens with zero attached hydrogens (tertiary/aromatic N) is 1. The van der Waals surface area contributed by atoms with E-state index in [1.807, 2.05) is 0 Å². The summed E-state index contributed by atoms with van der Waals surface area (Å²) in [5.74, 6) is 0. The van der Waals surface area contributed by atoms with Crippen LogP contribution < -0.4 is 5.32 Å². The van der Waals surface area contributed by atoms with E-state index in [1.165, 1.54) is 12.0 Å². The lowest BCUT2D eigenvalue weighted by Crippen LogP contribution is -2.43. The molecular formula is C18H32N2.